The van der Waals surface area contributed by atoms with Crippen molar-refractivity contribution in [3.05, 3.63) is 54.6 Å². The molecule has 5 nitrogen and oxygen atoms in total. The molecule has 2 rings (SSSR count). The smallest absolute Gasteiger partial charge is 0.345 e. The zero-order valence-electron chi connectivity index (χ0n) is 13.2. The van der Waals surface area contributed by atoms with Gasteiger partial charge in [0.1, 0.15) is 0 Å². The number of nitrogens with zero attached hydrogens (tertiary/aromatic N) is 1. The van der Waals surface area contributed by atoms with Gasteiger partial charge in [-0.25, -0.2) is 8.42 Å². The summed E-state index contributed by atoms with van der Waals surface area (Å²) < 4.78 is 24.4. The number of benzene rings is 2. The van der Waals surface area contributed by atoms with Crippen molar-refractivity contribution in [1.82, 2.24) is 0 Å². The Hall–Kier alpha value is -2.34. The third-order valence-corrected chi connectivity index (χ3v) is 5.02. The molecule has 6 heteroatoms. The molecule has 1 amide bonds. The first-order chi connectivity index (χ1) is 11.0. The van der Waals surface area contributed by atoms with Crippen molar-refractivity contribution < 1.29 is 13.2 Å². The summed E-state index contributed by atoms with van der Waals surface area (Å²) in [5.74, 6) is 0. The second-order valence-corrected chi connectivity index (χ2v) is 6.80. The van der Waals surface area contributed by atoms with Crippen LogP contribution in [0.25, 0.3) is 0 Å². The van der Waals surface area contributed by atoms with Gasteiger partial charge in [-0.3, -0.25) is 4.79 Å². The van der Waals surface area contributed by atoms with Gasteiger partial charge in [-0.1, -0.05) is 18.2 Å². The van der Waals surface area contributed by atoms with Crippen LogP contribution in [0.1, 0.15) is 13.8 Å². The van der Waals surface area contributed by atoms with Crippen LogP contribution in [-0.2, 0) is 9.84 Å². The lowest BCUT2D eigenvalue weighted by atomic mass is 10.2. The molecule has 0 heterocycles. The zero-order chi connectivity index (χ0) is 16.9. The molecule has 2 aromatic rings. The van der Waals surface area contributed by atoms with E-state index in [-0.39, 0.29) is 4.90 Å². The second kappa shape index (κ2) is 7.28. The minimum Gasteiger partial charge on any atom is -0.372 e. The second-order valence-electron chi connectivity index (χ2n) is 4.95. The molecule has 0 unspecified atom stereocenters. The van der Waals surface area contributed by atoms with Crippen molar-refractivity contribution in [1.29, 1.82) is 0 Å². The molecule has 1 N–H and O–H groups in total. The number of hydrogen-bond donors (Lipinski definition) is 1. The molecule has 23 heavy (non-hydrogen) atoms. The molecule has 0 aromatic heterocycles. The number of sulfone groups is 1. The van der Waals surface area contributed by atoms with Crippen LogP contribution in [0, 0.1) is 0 Å². The Bertz CT molecular complexity index is 752. The Morgan fingerprint density at radius 2 is 1.52 bits per heavy atom. The van der Waals surface area contributed by atoms with E-state index in [2.05, 4.69) is 24.1 Å². The van der Waals surface area contributed by atoms with Crippen LogP contribution in [0.5, 0.6) is 0 Å². The Kier molecular flexibility index (Phi) is 5.39. The minimum atomic E-state index is -4.03. The fourth-order valence-electron chi connectivity index (χ4n) is 2.24. The summed E-state index contributed by atoms with van der Waals surface area (Å²) >= 11 is 0. The number of amides is 1. The highest BCUT2D eigenvalue weighted by Crippen LogP contribution is 2.19. The maximum Gasteiger partial charge on any atom is 0.345 e. The molecular weight excluding hydrogens is 312 g/mol. The van der Waals surface area contributed by atoms with Crippen molar-refractivity contribution in [2.24, 2.45) is 0 Å². The summed E-state index contributed by atoms with van der Waals surface area (Å²) in [5, 5.41) is 1.41. The number of nitrogens with one attached hydrogen (secondary N) is 1. The van der Waals surface area contributed by atoms with Gasteiger partial charge in [0, 0.05) is 24.5 Å². The fraction of sp³-hybridized carbons (Fsp3) is 0.235. The lowest BCUT2D eigenvalue weighted by Gasteiger charge is -2.21. The normalized spacial score (nSPS) is 11.0. The predicted molar refractivity (Wildman–Crippen MR) is 92.6 cm³/mol. The lowest BCUT2D eigenvalue weighted by Crippen LogP contribution is -2.22. The van der Waals surface area contributed by atoms with E-state index in [1.54, 1.807) is 30.3 Å². The molecule has 0 atom stereocenters. The van der Waals surface area contributed by atoms with Crippen LogP contribution < -0.4 is 10.2 Å². The minimum absolute atomic E-state index is 0.0164. The molecule has 0 aliphatic rings. The Balaban J connectivity index is 2.15. The third-order valence-electron chi connectivity index (χ3n) is 3.54. The van der Waals surface area contributed by atoms with E-state index in [1.807, 2.05) is 12.1 Å². The van der Waals surface area contributed by atoms with Crippen molar-refractivity contribution in [2.75, 3.05) is 23.3 Å². The van der Waals surface area contributed by atoms with Gasteiger partial charge >= 0.3 is 5.24 Å². The van der Waals surface area contributed by atoms with Crippen LogP contribution in [-0.4, -0.2) is 26.7 Å². The fourth-order valence-corrected chi connectivity index (χ4v) is 3.22. The van der Waals surface area contributed by atoms with E-state index in [1.165, 1.54) is 12.1 Å². The van der Waals surface area contributed by atoms with Crippen LogP contribution >= 0.6 is 0 Å². The van der Waals surface area contributed by atoms with E-state index >= 15 is 0 Å². The average molecular weight is 332 g/mol. The summed E-state index contributed by atoms with van der Waals surface area (Å²) in [4.78, 5) is 14.2. The molecule has 0 fully saturated rings. The van der Waals surface area contributed by atoms with Crippen molar-refractivity contribution >= 4 is 26.5 Å². The zero-order valence-corrected chi connectivity index (χ0v) is 14.0. The quantitative estimate of drug-likeness (QED) is 0.909. The molecule has 2 aromatic carbocycles. The van der Waals surface area contributed by atoms with Crippen molar-refractivity contribution in [2.45, 2.75) is 18.7 Å². The lowest BCUT2D eigenvalue weighted by molar-refractivity contribution is 0.267. The number of anilines is 2. The maximum absolute atomic E-state index is 12.2. The number of rotatable bonds is 5. The van der Waals surface area contributed by atoms with Crippen LogP contribution in [0.2, 0.25) is 0 Å². The first-order valence-electron chi connectivity index (χ1n) is 7.45. The molecule has 0 radical (unpaired) electrons. The molecule has 122 valence electrons. The van der Waals surface area contributed by atoms with Gasteiger partial charge in [0.2, 0.25) is 0 Å². The SMILES string of the molecule is CCN(CC)c1ccc(NC(=O)S(=O)(=O)c2ccccc2)cc1. The van der Waals surface area contributed by atoms with Gasteiger partial charge in [0.15, 0.2) is 0 Å². The summed E-state index contributed by atoms with van der Waals surface area (Å²) in [6.45, 7) is 5.88. The summed E-state index contributed by atoms with van der Waals surface area (Å²) in [6.07, 6.45) is 0. The van der Waals surface area contributed by atoms with Crippen LogP contribution in [0.15, 0.2) is 59.5 Å². The first-order valence-corrected chi connectivity index (χ1v) is 8.93. The van der Waals surface area contributed by atoms with Crippen molar-refractivity contribution in [3.63, 3.8) is 0 Å². The predicted octanol–water partition coefficient (Wildman–Crippen LogP) is 3.54. The van der Waals surface area contributed by atoms with Crippen molar-refractivity contribution in [3.8, 4) is 0 Å². The van der Waals surface area contributed by atoms with Crippen LogP contribution in [0.4, 0.5) is 16.2 Å². The van der Waals surface area contributed by atoms with E-state index < -0.39 is 15.1 Å². The highest BCUT2D eigenvalue weighted by molar-refractivity contribution is 8.06. The van der Waals surface area contributed by atoms with E-state index in [4.69, 9.17) is 0 Å². The number of hydrogen-bond acceptors (Lipinski definition) is 4. The topological polar surface area (TPSA) is 66.5 Å². The molecular formula is C17H20N2O3S. The Morgan fingerprint density at radius 3 is 2.04 bits per heavy atom. The number of carbonyl (C=O) groups is 1. The van der Waals surface area contributed by atoms with E-state index in [9.17, 15) is 13.2 Å². The standard InChI is InChI=1S/C17H20N2O3S/c1-3-19(4-2)15-12-10-14(11-13-15)18-17(20)23(21,22)16-8-6-5-7-9-16/h5-13H,3-4H2,1-2H3,(H,18,20). The van der Waals surface area contributed by atoms with Gasteiger partial charge in [0.05, 0.1) is 4.90 Å². The molecule has 0 bridgehead atoms. The van der Waals surface area contributed by atoms with E-state index in [0.29, 0.717) is 5.69 Å². The van der Waals surface area contributed by atoms with Gasteiger partial charge in [-0.2, -0.15) is 0 Å². The van der Waals surface area contributed by atoms with Crippen LogP contribution in [0.3, 0.4) is 0 Å². The average Bonchev–Trinajstić information content (AvgIpc) is 2.58. The molecule has 0 saturated carbocycles. The Labute approximate surface area is 136 Å². The van der Waals surface area contributed by atoms with Gasteiger partial charge in [0.25, 0.3) is 9.84 Å². The number of carbonyl (C=O) groups excluding carboxylic acids is 1. The molecule has 0 saturated heterocycles. The third kappa shape index (κ3) is 3.90. The van der Waals surface area contributed by atoms with E-state index in [0.717, 1.165) is 18.8 Å². The highest BCUT2D eigenvalue weighted by atomic mass is 32.2. The largest absolute Gasteiger partial charge is 0.372 e. The van der Waals surface area contributed by atoms with Gasteiger partial charge in [-0.15, -0.1) is 0 Å². The first kappa shape index (κ1) is 17.0. The summed E-state index contributed by atoms with van der Waals surface area (Å²) in [5.41, 5.74) is 1.48. The summed E-state index contributed by atoms with van der Waals surface area (Å²) in [6, 6.07) is 14.8. The highest BCUT2D eigenvalue weighted by Gasteiger charge is 2.24. The summed E-state index contributed by atoms with van der Waals surface area (Å²) in [7, 11) is -4.03. The molecule has 0 aliphatic heterocycles. The molecule has 0 spiro atoms. The van der Waals surface area contributed by atoms with Gasteiger partial charge < -0.3 is 10.2 Å². The maximum atomic E-state index is 12.2. The monoisotopic (exact) mass is 332 g/mol. The van der Waals surface area contributed by atoms with Gasteiger partial charge in [-0.05, 0) is 50.2 Å². The molecule has 0 aliphatic carbocycles. The Morgan fingerprint density at radius 1 is 0.957 bits per heavy atom.